The average molecular weight is 218 g/mol. The van der Waals surface area contributed by atoms with E-state index in [-0.39, 0.29) is 18.6 Å². The number of aliphatic hydroxyl groups excluding tert-OH is 1. The lowest BCUT2D eigenvalue weighted by molar-refractivity contribution is -0.131. The van der Waals surface area contributed by atoms with E-state index in [0.717, 1.165) is 0 Å². The van der Waals surface area contributed by atoms with Crippen LogP contribution in [0.1, 0.15) is 13.8 Å². The first-order valence-electron chi connectivity index (χ1n) is 5.30. The van der Waals surface area contributed by atoms with E-state index in [4.69, 9.17) is 9.84 Å². The molecule has 0 aliphatic rings. The van der Waals surface area contributed by atoms with Crippen LogP contribution in [0.5, 0.6) is 0 Å². The van der Waals surface area contributed by atoms with Crippen LogP contribution in [0.25, 0.3) is 0 Å². The van der Waals surface area contributed by atoms with E-state index in [0.29, 0.717) is 26.3 Å². The Morgan fingerprint density at radius 1 is 1.53 bits per heavy atom. The fourth-order valence-electron chi connectivity index (χ4n) is 1.09. The molecule has 15 heavy (non-hydrogen) atoms. The zero-order chi connectivity index (χ0) is 11.7. The molecular weight excluding hydrogens is 196 g/mol. The second-order valence-electron chi connectivity index (χ2n) is 3.36. The fourth-order valence-corrected chi connectivity index (χ4v) is 1.09. The van der Waals surface area contributed by atoms with Gasteiger partial charge in [-0.05, 0) is 13.8 Å². The lowest BCUT2D eigenvalue weighted by Gasteiger charge is -2.20. The molecule has 1 amide bonds. The predicted octanol–water partition coefficient (Wildman–Crippen LogP) is -0.548. The summed E-state index contributed by atoms with van der Waals surface area (Å²) in [5, 5.41) is 11.5. The molecule has 2 N–H and O–H groups in total. The van der Waals surface area contributed by atoms with Gasteiger partial charge >= 0.3 is 0 Å². The first kappa shape index (κ1) is 14.3. The minimum atomic E-state index is -0.187. The molecule has 1 unspecified atom stereocenters. The highest BCUT2D eigenvalue weighted by molar-refractivity contribution is 5.81. The number of carbonyl (C=O) groups is 1. The molecule has 5 nitrogen and oxygen atoms in total. The first-order valence-corrected chi connectivity index (χ1v) is 5.30. The number of ether oxygens (including phenoxy) is 1. The molecule has 90 valence electrons. The van der Waals surface area contributed by atoms with Crippen LogP contribution in [-0.4, -0.2) is 61.9 Å². The Hall–Kier alpha value is -0.650. The molecule has 0 saturated carbocycles. The molecule has 0 bridgehead atoms. The zero-order valence-corrected chi connectivity index (χ0v) is 9.82. The number of hydrogen-bond donors (Lipinski definition) is 2. The maximum atomic E-state index is 11.6. The summed E-state index contributed by atoms with van der Waals surface area (Å²) in [6.07, 6.45) is 0. The van der Waals surface area contributed by atoms with Crippen LogP contribution in [0.3, 0.4) is 0 Å². The van der Waals surface area contributed by atoms with E-state index < -0.39 is 0 Å². The highest BCUT2D eigenvalue weighted by Gasteiger charge is 2.14. The molecule has 0 aromatic rings. The summed E-state index contributed by atoms with van der Waals surface area (Å²) in [6.45, 7) is 5.99. The monoisotopic (exact) mass is 218 g/mol. The van der Waals surface area contributed by atoms with Crippen molar-refractivity contribution in [3.8, 4) is 0 Å². The third-order valence-electron chi connectivity index (χ3n) is 2.15. The number of carbonyl (C=O) groups excluding carboxylic acids is 1. The number of aliphatic hydroxyl groups is 1. The van der Waals surface area contributed by atoms with Crippen LogP contribution in [-0.2, 0) is 9.53 Å². The molecule has 5 heteroatoms. The molecule has 0 aliphatic heterocycles. The van der Waals surface area contributed by atoms with E-state index in [1.807, 2.05) is 13.8 Å². The molecule has 0 saturated heterocycles. The molecule has 0 spiro atoms. The minimum Gasteiger partial charge on any atom is -0.394 e. The van der Waals surface area contributed by atoms with Crippen molar-refractivity contribution in [1.82, 2.24) is 10.2 Å². The number of nitrogens with zero attached hydrogens (tertiary/aromatic N) is 1. The molecule has 0 heterocycles. The summed E-state index contributed by atoms with van der Waals surface area (Å²) in [7, 11) is 1.78. The number of rotatable bonds is 8. The summed E-state index contributed by atoms with van der Waals surface area (Å²) in [5.41, 5.74) is 0. The Kier molecular flexibility index (Phi) is 8.27. The third-order valence-corrected chi connectivity index (χ3v) is 2.15. The van der Waals surface area contributed by atoms with E-state index in [1.165, 1.54) is 0 Å². The predicted molar refractivity (Wildman–Crippen MR) is 58.7 cm³/mol. The van der Waals surface area contributed by atoms with Crippen molar-refractivity contribution in [1.29, 1.82) is 0 Å². The van der Waals surface area contributed by atoms with Crippen molar-refractivity contribution >= 4 is 5.91 Å². The number of nitrogens with one attached hydrogen (secondary N) is 1. The van der Waals surface area contributed by atoms with E-state index in [9.17, 15) is 4.79 Å². The molecule has 0 aliphatic carbocycles. The summed E-state index contributed by atoms with van der Waals surface area (Å²) in [6, 6.07) is -0.187. The quantitative estimate of drug-likeness (QED) is 0.537. The van der Waals surface area contributed by atoms with Crippen molar-refractivity contribution in [2.45, 2.75) is 19.9 Å². The third kappa shape index (κ3) is 6.43. The zero-order valence-electron chi connectivity index (χ0n) is 9.82. The Morgan fingerprint density at radius 2 is 2.20 bits per heavy atom. The van der Waals surface area contributed by atoms with Gasteiger partial charge in [-0.25, -0.2) is 0 Å². The van der Waals surface area contributed by atoms with Gasteiger partial charge in [-0.2, -0.15) is 0 Å². The molecule has 0 aromatic carbocycles. The van der Waals surface area contributed by atoms with Crippen molar-refractivity contribution < 1.29 is 14.6 Å². The second-order valence-corrected chi connectivity index (χ2v) is 3.36. The van der Waals surface area contributed by atoms with Gasteiger partial charge in [0.1, 0.15) is 0 Å². The van der Waals surface area contributed by atoms with Gasteiger partial charge in [0.2, 0.25) is 5.91 Å². The highest BCUT2D eigenvalue weighted by atomic mass is 16.5. The van der Waals surface area contributed by atoms with E-state index in [1.54, 1.807) is 11.9 Å². The van der Waals surface area contributed by atoms with Crippen LogP contribution < -0.4 is 5.32 Å². The molecular formula is C10H22N2O3. The number of likely N-dealkylation sites (N-methyl/N-ethyl adjacent to an activating group) is 1. The van der Waals surface area contributed by atoms with Crippen LogP contribution in [0, 0.1) is 0 Å². The standard InChI is InChI=1S/C10H22N2O3/c1-4-12(3)10(14)9(2)11-5-7-15-8-6-13/h9,11,13H,4-8H2,1-3H3. The van der Waals surface area contributed by atoms with Gasteiger partial charge in [-0.1, -0.05) is 0 Å². The van der Waals surface area contributed by atoms with E-state index in [2.05, 4.69) is 5.32 Å². The molecule has 0 radical (unpaired) electrons. The molecule has 1 atom stereocenters. The fraction of sp³-hybridized carbons (Fsp3) is 0.900. The number of hydrogen-bond acceptors (Lipinski definition) is 4. The van der Waals surface area contributed by atoms with Gasteiger partial charge in [0, 0.05) is 20.1 Å². The Morgan fingerprint density at radius 3 is 2.73 bits per heavy atom. The summed E-state index contributed by atoms with van der Waals surface area (Å²) in [5.74, 6) is 0.0830. The van der Waals surface area contributed by atoms with Gasteiger partial charge in [0.25, 0.3) is 0 Å². The van der Waals surface area contributed by atoms with Gasteiger partial charge in [-0.3, -0.25) is 4.79 Å². The maximum absolute atomic E-state index is 11.6. The first-order chi connectivity index (χ1) is 7.13. The van der Waals surface area contributed by atoms with Crippen molar-refractivity contribution in [2.75, 3.05) is 40.0 Å². The summed E-state index contributed by atoms with van der Waals surface area (Å²) >= 11 is 0. The van der Waals surface area contributed by atoms with Crippen LogP contribution >= 0.6 is 0 Å². The number of amides is 1. The summed E-state index contributed by atoms with van der Waals surface area (Å²) in [4.78, 5) is 13.2. The lowest BCUT2D eigenvalue weighted by Crippen LogP contribution is -2.44. The Bertz CT molecular complexity index is 176. The second kappa shape index (κ2) is 8.64. The van der Waals surface area contributed by atoms with Gasteiger partial charge in [0.15, 0.2) is 0 Å². The Balaban J connectivity index is 3.55. The van der Waals surface area contributed by atoms with Gasteiger partial charge in [-0.15, -0.1) is 0 Å². The lowest BCUT2D eigenvalue weighted by atomic mass is 10.3. The molecule has 0 fully saturated rings. The summed E-state index contributed by atoms with van der Waals surface area (Å²) < 4.78 is 5.06. The van der Waals surface area contributed by atoms with Crippen molar-refractivity contribution in [3.05, 3.63) is 0 Å². The molecule has 0 rings (SSSR count). The van der Waals surface area contributed by atoms with Crippen LogP contribution in [0.4, 0.5) is 0 Å². The van der Waals surface area contributed by atoms with Crippen molar-refractivity contribution in [3.63, 3.8) is 0 Å². The van der Waals surface area contributed by atoms with Crippen LogP contribution in [0.2, 0.25) is 0 Å². The largest absolute Gasteiger partial charge is 0.394 e. The maximum Gasteiger partial charge on any atom is 0.239 e. The van der Waals surface area contributed by atoms with Gasteiger partial charge < -0.3 is 20.1 Å². The Labute approximate surface area is 91.4 Å². The normalized spacial score (nSPS) is 12.5. The molecule has 0 aromatic heterocycles. The van der Waals surface area contributed by atoms with Gasteiger partial charge in [0.05, 0.1) is 25.9 Å². The highest BCUT2D eigenvalue weighted by Crippen LogP contribution is 1.90. The minimum absolute atomic E-state index is 0.0348. The van der Waals surface area contributed by atoms with Crippen molar-refractivity contribution in [2.24, 2.45) is 0 Å². The SMILES string of the molecule is CCN(C)C(=O)C(C)NCCOCCO. The topological polar surface area (TPSA) is 61.8 Å². The smallest absolute Gasteiger partial charge is 0.239 e. The van der Waals surface area contributed by atoms with E-state index >= 15 is 0 Å². The van der Waals surface area contributed by atoms with Crippen LogP contribution in [0.15, 0.2) is 0 Å². The average Bonchev–Trinajstić information content (AvgIpc) is 2.26.